The lowest BCUT2D eigenvalue weighted by Gasteiger charge is -2.05. The van der Waals surface area contributed by atoms with E-state index < -0.39 is 10.0 Å². The number of nitrogens with one attached hydrogen (secondary N) is 2. The highest BCUT2D eigenvalue weighted by atomic mass is 32.2. The molecule has 0 spiro atoms. The van der Waals surface area contributed by atoms with Crippen LogP contribution in [-0.2, 0) is 23.0 Å². The molecule has 2 aromatic heterocycles. The highest BCUT2D eigenvalue weighted by Gasteiger charge is 2.16. The molecular weight excluding hydrogens is 312 g/mol. The van der Waals surface area contributed by atoms with Crippen LogP contribution >= 0.6 is 11.3 Å². The quantitative estimate of drug-likeness (QED) is 0.753. The van der Waals surface area contributed by atoms with Gasteiger partial charge in [-0.05, 0) is 17.0 Å². The molecular formula is C12H18N4O3S2. The normalized spacial score (nSPS) is 12.1. The van der Waals surface area contributed by atoms with Crippen LogP contribution in [0.3, 0.4) is 0 Å². The van der Waals surface area contributed by atoms with E-state index in [2.05, 4.69) is 20.2 Å². The average molecular weight is 330 g/mol. The van der Waals surface area contributed by atoms with Crippen molar-refractivity contribution < 1.29 is 12.9 Å². The van der Waals surface area contributed by atoms with Gasteiger partial charge in [0, 0.05) is 25.6 Å². The van der Waals surface area contributed by atoms with Gasteiger partial charge in [0.15, 0.2) is 6.33 Å². The Labute approximate surface area is 127 Å². The first-order valence-corrected chi connectivity index (χ1v) is 8.89. The first-order valence-electron chi connectivity index (χ1n) is 6.53. The minimum Gasteiger partial charge on any atom is -0.340 e. The van der Waals surface area contributed by atoms with Gasteiger partial charge in [-0.3, -0.25) is 0 Å². The molecule has 0 saturated heterocycles. The monoisotopic (exact) mass is 330 g/mol. The van der Waals surface area contributed by atoms with Crippen molar-refractivity contribution in [1.82, 2.24) is 20.2 Å². The molecule has 0 unspecified atom stereocenters. The van der Waals surface area contributed by atoms with Crippen molar-refractivity contribution in [1.29, 1.82) is 0 Å². The Morgan fingerprint density at radius 3 is 2.90 bits per heavy atom. The molecule has 0 fully saturated rings. The maximum atomic E-state index is 12.1. The minimum absolute atomic E-state index is 0.224. The van der Waals surface area contributed by atoms with Crippen molar-refractivity contribution >= 4 is 21.4 Å². The van der Waals surface area contributed by atoms with Gasteiger partial charge in [0.25, 0.3) is 0 Å². The summed E-state index contributed by atoms with van der Waals surface area (Å²) in [5.41, 5.74) is 0.964. The van der Waals surface area contributed by atoms with Crippen molar-refractivity contribution in [3.8, 4) is 0 Å². The smallest absolute Gasteiger partial charge is 0.250 e. The molecule has 2 aromatic rings. The van der Waals surface area contributed by atoms with Gasteiger partial charge < -0.3 is 9.84 Å². The Balaban J connectivity index is 1.89. The lowest BCUT2D eigenvalue weighted by atomic mass is 10.3. The van der Waals surface area contributed by atoms with Crippen molar-refractivity contribution in [2.45, 2.75) is 37.1 Å². The largest absolute Gasteiger partial charge is 0.340 e. The topological polar surface area (TPSA) is 97.1 Å². The third-order valence-electron chi connectivity index (χ3n) is 2.65. The number of sulfonamides is 1. The molecule has 0 amide bonds. The van der Waals surface area contributed by atoms with E-state index in [1.807, 2.05) is 19.2 Å². The maximum Gasteiger partial charge on any atom is 0.250 e. The number of rotatable bonds is 8. The summed E-state index contributed by atoms with van der Waals surface area (Å²) in [5, 5.41) is 8.57. The minimum atomic E-state index is -3.48. The number of hydrogen-bond acceptors (Lipinski definition) is 7. The van der Waals surface area contributed by atoms with Crippen LogP contribution in [0, 0.1) is 0 Å². The molecule has 2 rings (SSSR count). The SMILES string of the molecule is CC(C)NCc1csc(S(=O)(=O)NCCc2ncno2)c1. The molecule has 7 nitrogen and oxygen atoms in total. The second-order valence-corrected chi connectivity index (χ2v) is 7.70. The van der Waals surface area contributed by atoms with E-state index in [0.717, 1.165) is 5.56 Å². The molecule has 0 aliphatic rings. The van der Waals surface area contributed by atoms with Gasteiger partial charge in [-0.25, -0.2) is 13.1 Å². The fourth-order valence-corrected chi connectivity index (χ4v) is 3.86. The van der Waals surface area contributed by atoms with Gasteiger partial charge in [-0.1, -0.05) is 19.0 Å². The third-order valence-corrected chi connectivity index (χ3v) is 5.60. The summed E-state index contributed by atoms with van der Waals surface area (Å²) in [4.78, 5) is 3.84. The average Bonchev–Trinajstić information content (AvgIpc) is 3.07. The molecule has 21 heavy (non-hydrogen) atoms. The summed E-state index contributed by atoms with van der Waals surface area (Å²) in [6, 6.07) is 2.05. The Kier molecular flexibility index (Phi) is 5.45. The van der Waals surface area contributed by atoms with Crippen molar-refractivity contribution in [3.05, 3.63) is 29.2 Å². The van der Waals surface area contributed by atoms with E-state index in [-0.39, 0.29) is 6.54 Å². The van der Waals surface area contributed by atoms with Crippen LogP contribution in [-0.4, -0.2) is 31.1 Å². The van der Waals surface area contributed by atoms with Crippen LogP contribution in [0.25, 0.3) is 0 Å². The Morgan fingerprint density at radius 1 is 1.43 bits per heavy atom. The lowest BCUT2D eigenvalue weighted by molar-refractivity contribution is 0.377. The molecule has 2 N–H and O–H groups in total. The van der Waals surface area contributed by atoms with Gasteiger partial charge in [0.1, 0.15) is 4.21 Å². The van der Waals surface area contributed by atoms with E-state index in [1.165, 1.54) is 17.7 Å². The number of aromatic nitrogens is 2. The number of thiophene rings is 1. The molecule has 0 radical (unpaired) electrons. The number of nitrogens with zero attached hydrogens (tertiary/aromatic N) is 2. The highest BCUT2D eigenvalue weighted by Crippen LogP contribution is 2.20. The van der Waals surface area contributed by atoms with Crippen LogP contribution in [0.15, 0.2) is 26.5 Å². The van der Waals surface area contributed by atoms with Crippen molar-refractivity contribution in [3.63, 3.8) is 0 Å². The van der Waals surface area contributed by atoms with E-state index in [9.17, 15) is 8.42 Å². The molecule has 0 aromatic carbocycles. The molecule has 0 bridgehead atoms. The van der Waals surface area contributed by atoms with Gasteiger partial charge in [-0.2, -0.15) is 4.98 Å². The van der Waals surface area contributed by atoms with Gasteiger partial charge in [0.05, 0.1) is 0 Å². The number of hydrogen-bond donors (Lipinski definition) is 2. The fourth-order valence-electron chi connectivity index (χ4n) is 1.58. The predicted molar refractivity (Wildman–Crippen MR) is 79.5 cm³/mol. The Bertz CT molecular complexity index is 650. The summed E-state index contributed by atoms with van der Waals surface area (Å²) in [6.07, 6.45) is 1.66. The molecule has 116 valence electrons. The Morgan fingerprint density at radius 2 is 2.24 bits per heavy atom. The molecule has 2 heterocycles. The standard InChI is InChI=1S/C12H18N4O3S2/c1-9(2)13-6-10-5-12(20-7-10)21(17,18)16-4-3-11-14-8-15-19-11/h5,7-9,13,16H,3-4,6H2,1-2H3. The second-order valence-electron chi connectivity index (χ2n) is 4.79. The van der Waals surface area contributed by atoms with Crippen LogP contribution in [0.4, 0.5) is 0 Å². The van der Waals surface area contributed by atoms with Crippen LogP contribution in [0.1, 0.15) is 25.3 Å². The lowest BCUT2D eigenvalue weighted by Crippen LogP contribution is -2.25. The summed E-state index contributed by atoms with van der Waals surface area (Å²) < 4.78 is 31.9. The van der Waals surface area contributed by atoms with Crippen LogP contribution < -0.4 is 10.0 Å². The van der Waals surface area contributed by atoms with Crippen molar-refractivity contribution in [2.24, 2.45) is 0 Å². The Hall–Kier alpha value is -1.29. The van der Waals surface area contributed by atoms with Crippen LogP contribution in [0.2, 0.25) is 0 Å². The van der Waals surface area contributed by atoms with Gasteiger partial charge >= 0.3 is 0 Å². The van der Waals surface area contributed by atoms with E-state index in [1.54, 1.807) is 6.07 Å². The predicted octanol–water partition coefficient (Wildman–Crippen LogP) is 1.15. The summed E-state index contributed by atoms with van der Waals surface area (Å²) >= 11 is 1.21. The summed E-state index contributed by atoms with van der Waals surface area (Å²) in [6.45, 7) is 4.97. The first kappa shape index (κ1) is 16.1. The third kappa shape index (κ3) is 4.88. The van der Waals surface area contributed by atoms with E-state index in [4.69, 9.17) is 4.52 Å². The summed E-state index contributed by atoms with van der Waals surface area (Å²) in [5.74, 6) is 0.408. The van der Waals surface area contributed by atoms with Gasteiger partial charge in [0.2, 0.25) is 15.9 Å². The fraction of sp³-hybridized carbons (Fsp3) is 0.500. The summed E-state index contributed by atoms with van der Waals surface area (Å²) in [7, 11) is -3.48. The second kappa shape index (κ2) is 7.12. The highest BCUT2D eigenvalue weighted by molar-refractivity contribution is 7.91. The molecule has 0 aliphatic carbocycles. The van der Waals surface area contributed by atoms with Gasteiger partial charge in [-0.15, -0.1) is 11.3 Å². The molecule has 0 saturated carbocycles. The maximum absolute atomic E-state index is 12.1. The molecule has 0 aliphatic heterocycles. The van der Waals surface area contributed by atoms with Crippen LogP contribution in [0.5, 0.6) is 0 Å². The molecule has 0 atom stereocenters. The first-order chi connectivity index (χ1) is 9.97. The van der Waals surface area contributed by atoms with Crippen molar-refractivity contribution in [2.75, 3.05) is 6.54 Å². The zero-order valence-corrected chi connectivity index (χ0v) is 13.5. The zero-order chi connectivity index (χ0) is 15.3. The van der Waals surface area contributed by atoms with E-state index in [0.29, 0.717) is 29.1 Å². The zero-order valence-electron chi connectivity index (χ0n) is 11.9. The van der Waals surface area contributed by atoms with E-state index >= 15 is 0 Å². The molecule has 9 heteroatoms.